The highest BCUT2D eigenvalue weighted by Gasteiger charge is 2.08. The molecule has 22 heavy (non-hydrogen) atoms. The summed E-state index contributed by atoms with van der Waals surface area (Å²) in [5.41, 5.74) is 1.29. The van der Waals surface area contributed by atoms with Gasteiger partial charge in [-0.15, -0.1) is 11.8 Å². The molecule has 0 radical (unpaired) electrons. The highest BCUT2D eigenvalue weighted by molar-refractivity contribution is 7.98. The van der Waals surface area contributed by atoms with Gasteiger partial charge in [-0.3, -0.25) is 4.79 Å². The summed E-state index contributed by atoms with van der Waals surface area (Å²) in [4.78, 5) is 13.2. The van der Waals surface area contributed by atoms with E-state index in [-0.39, 0.29) is 16.6 Å². The van der Waals surface area contributed by atoms with Gasteiger partial charge in [0.2, 0.25) is 0 Å². The molecule has 0 amide bonds. The van der Waals surface area contributed by atoms with Crippen molar-refractivity contribution >= 4 is 35.2 Å². The van der Waals surface area contributed by atoms with E-state index in [1.165, 1.54) is 12.1 Å². The van der Waals surface area contributed by atoms with E-state index in [0.29, 0.717) is 11.3 Å². The van der Waals surface area contributed by atoms with Crippen LogP contribution < -0.4 is 4.74 Å². The standard InChI is InChI=1S/C17H15ClO3S/c1-21-16-10-12(5-8-17(16)22-2)14(19)6-3-11-4-7-15(20)13(18)9-11/h3-10,20H,1-2H3/b6-3+. The maximum Gasteiger partial charge on any atom is 0.185 e. The van der Waals surface area contributed by atoms with Crippen LogP contribution in [0.3, 0.4) is 0 Å². The van der Waals surface area contributed by atoms with Crippen molar-refractivity contribution in [1.29, 1.82) is 0 Å². The van der Waals surface area contributed by atoms with Gasteiger partial charge in [0.15, 0.2) is 5.78 Å². The van der Waals surface area contributed by atoms with Crippen molar-refractivity contribution in [3.8, 4) is 11.5 Å². The first-order chi connectivity index (χ1) is 10.5. The Hall–Kier alpha value is -1.91. The number of methoxy groups -OCH3 is 1. The van der Waals surface area contributed by atoms with Crippen LogP contribution in [0.2, 0.25) is 5.02 Å². The normalized spacial score (nSPS) is 10.9. The summed E-state index contributed by atoms with van der Waals surface area (Å²) < 4.78 is 5.28. The zero-order valence-electron chi connectivity index (χ0n) is 12.2. The molecular weight excluding hydrogens is 320 g/mol. The molecule has 0 aliphatic rings. The second kappa shape index (κ2) is 7.38. The van der Waals surface area contributed by atoms with Gasteiger partial charge in [-0.2, -0.15) is 0 Å². The molecule has 5 heteroatoms. The molecule has 0 aromatic heterocycles. The second-order valence-electron chi connectivity index (χ2n) is 4.48. The topological polar surface area (TPSA) is 46.5 Å². The van der Waals surface area contributed by atoms with E-state index in [2.05, 4.69) is 0 Å². The first-order valence-electron chi connectivity index (χ1n) is 6.48. The van der Waals surface area contributed by atoms with Gasteiger partial charge in [0, 0.05) is 10.5 Å². The minimum absolute atomic E-state index is 0.0162. The van der Waals surface area contributed by atoms with Gasteiger partial charge in [0.1, 0.15) is 11.5 Å². The number of carbonyl (C=O) groups excluding carboxylic acids is 1. The van der Waals surface area contributed by atoms with Gasteiger partial charge in [0.25, 0.3) is 0 Å². The molecule has 0 fully saturated rings. The van der Waals surface area contributed by atoms with E-state index in [1.54, 1.807) is 49.2 Å². The zero-order chi connectivity index (χ0) is 16.1. The first-order valence-corrected chi connectivity index (χ1v) is 8.08. The Morgan fingerprint density at radius 2 is 2.05 bits per heavy atom. The minimum atomic E-state index is -0.129. The molecule has 0 heterocycles. The van der Waals surface area contributed by atoms with Crippen molar-refractivity contribution in [3.05, 3.63) is 58.6 Å². The van der Waals surface area contributed by atoms with Gasteiger partial charge < -0.3 is 9.84 Å². The fraction of sp³-hybridized carbons (Fsp3) is 0.118. The quantitative estimate of drug-likeness (QED) is 0.490. The Morgan fingerprint density at radius 3 is 2.68 bits per heavy atom. The number of hydrogen-bond acceptors (Lipinski definition) is 4. The Bertz CT molecular complexity index is 726. The summed E-state index contributed by atoms with van der Waals surface area (Å²) in [5.74, 6) is 0.567. The lowest BCUT2D eigenvalue weighted by Gasteiger charge is -2.07. The van der Waals surface area contributed by atoms with Crippen molar-refractivity contribution in [1.82, 2.24) is 0 Å². The summed E-state index contributed by atoms with van der Waals surface area (Å²) in [6.07, 6.45) is 5.08. The Labute approximate surface area is 138 Å². The molecule has 2 aromatic rings. The Kier molecular flexibility index (Phi) is 5.52. The molecule has 2 rings (SSSR count). The predicted molar refractivity (Wildman–Crippen MR) is 91.3 cm³/mol. The number of allylic oxidation sites excluding steroid dienone is 1. The number of phenolic OH excluding ortho intramolecular Hbond substituents is 1. The summed E-state index contributed by atoms with van der Waals surface area (Å²) in [5, 5.41) is 9.62. The number of carbonyl (C=O) groups is 1. The van der Waals surface area contributed by atoms with Crippen LogP contribution in [0, 0.1) is 0 Å². The van der Waals surface area contributed by atoms with E-state index in [0.717, 1.165) is 10.5 Å². The highest BCUT2D eigenvalue weighted by atomic mass is 35.5. The summed E-state index contributed by atoms with van der Waals surface area (Å²) in [6.45, 7) is 0. The highest BCUT2D eigenvalue weighted by Crippen LogP contribution is 2.29. The van der Waals surface area contributed by atoms with Crippen LogP contribution in [0.25, 0.3) is 6.08 Å². The van der Waals surface area contributed by atoms with E-state index in [4.69, 9.17) is 16.3 Å². The molecule has 0 aliphatic carbocycles. The van der Waals surface area contributed by atoms with Crippen LogP contribution in [0.5, 0.6) is 11.5 Å². The third-order valence-corrected chi connectivity index (χ3v) is 4.15. The van der Waals surface area contributed by atoms with Crippen molar-refractivity contribution in [2.45, 2.75) is 4.90 Å². The third-order valence-electron chi connectivity index (χ3n) is 3.07. The van der Waals surface area contributed by atoms with E-state index in [1.807, 2.05) is 12.3 Å². The van der Waals surface area contributed by atoms with E-state index < -0.39 is 0 Å². The molecule has 1 N–H and O–H groups in total. The van der Waals surface area contributed by atoms with Crippen molar-refractivity contribution in [3.63, 3.8) is 0 Å². The summed E-state index contributed by atoms with van der Waals surface area (Å²) in [7, 11) is 1.58. The average Bonchev–Trinajstić information content (AvgIpc) is 2.54. The number of rotatable bonds is 5. The number of benzene rings is 2. The number of thioether (sulfide) groups is 1. The average molecular weight is 335 g/mol. The van der Waals surface area contributed by atoms with Crippen LogP contribution in [0.4, 0.5) is 0 Å². The molecular formula is C17H15ClO3S. The van der Waals surface area contributed by atoms with Crippen molar-refractivity contribution < 1.29 is 14.6 Å². The number of aromatic hydroxyl groups is 1. The first kappa shape index (κ1) is 16.5. The molecule has 0 spiro atoms. The van der Waals surface area contributed by atoms with Crippen molar-refractivity contribution in [2.75, 3.05) is 13.4 Å². The number of ketones is 1. The van der Waals surface area contributed by atoms with Crippen LogP contribution >= 0.6 is 23.4 Å². The number of hydrogen-bond donors (Lipinski definition) is 1. The molecule has 0 aliphatic heterocycles. The van der Waals surface area contributed by atoms with Crippen LogP contribution in [-0.4, -0.2) is 24.3 Å². The second-order valence-corrected chi connectivity index (χ2v) is 5.73. The van der Waals surface area contributed by atoms with E-state index in [9.17, 15) is 9.90 Å². The van der Waals surface area contributed by atoms with Crippen LogP contribution in [0.1, 0.15) is 15.9 Å². The third kappa shape index (κ3) is 3.84. The van der Waals surface area contributed by atoms with Gasteiger partial charge in [-0.1, -0.05) is 23.7 Å². The van der Waals surface area contributed by atoms with Crippen LogP contribution in [-0.2, 0) is 0 Å². The van der Waals surface area contributed by atoms with Gasteiger partial charge in [-0.25, -0.2) is 0 Å². The molecule has 0 bridgehead atoms. The smallest absolute Gasteiger partial charge is 0.185 e. The number of phenols is 1. The maximum atomic E-state index is 12.2. The Morgan fingerprint density at radius 1 is 1.27 bits per heavy atom. The zero-order valence-corrected chi connectivity index (χ0v) is 13.7. The fourth-order valence-electron chi connectivity index (χ4n) is 1.88. The number of ether oxygens (including phenoxy) is 1. The molecule has 114 valence electrons. The maximum absolute atomic E-state index is 12.2. The largest absolute Gasteiger partial charge is 0.506 e. The monoisotopic (exact) mass is 334 g/mol. The van der Waals surface area contributed by atoms with Gasteiger partial charge in [0.05, 0.1) is 12.1 Å². The fourth-order valence-corrected chi connectivity index (χ4v) is 2.62. The summed E-state index contributed by atoms with van der Waals surface area (Å²) in [6, 6.07) is 10.1. The van der Waals surface area contributed by atoms with Crippen molar-refractivity contribution in [2.24, 2.45) is 0 Å². The molecule has 0 saturated carbocycles. The molecule has 0 unspecified atom stereocenters. The lowest BCUT2D eigenvalue weighted by Crippen LogP contribution is -1.96. The van der Waals surface area contributed by atoms with Gasteiger partial charge in [-0.05, 0) is 48.2 Å². The Balaban J connectivity index is 2.21. The number of halogens is 1. The van der Waals surface area contributed by atoms with Gasteiger partial charge >= 0.3 is 0 Å². The molecule has 2 aromatic carbocycles. The lowest BCUT2D eigenvalue weighted by atomic mass is 10.1. The predicted octanol–water partition coefficient (Wildman–Crippen LogP) is 4.67. The summed E-state index contributed by atoms with van der Waals surface area (Å²) >= 11 is 7.39. The molecule has 0 saturated heterocycles. The minimum Gasteiger partial charge on any atom is -0.506 e. The molecule has 0 atom stereocenters. The SMILES string of the molecule is COc1cc(C(=O)/C=C/c2ccc(O)c(Cl)c2)ccc1SC. The van der Waals surface area contributed by atoms with E-state index >= 15 is 0 Å². The molecule has 3 nitrogen and oxygen atoms in total. The lowest BCUT2D eigenvalue weighted by molar-refractivity contribution is 0.104. The van der Waals surface area contributed by atoms with Crippen LogP contribution in [0.15, 0.2) is 47.4 Å².